The molecule has 0 bridgehead atoms. The summed E-state index contributed by atoms with van der Waals surface area (Å²) in [4.78, 5) is 12.5. The number of carbonyl (C=O) groups excluding carboxylic acids is 1. The molecule has 102 valence electrons. The maximum Gasteiger partial charge on any atom is 0.288 e. The quantitative estimate of drug-likeness (QED) is 0.820. The van der Waals surface area contributed by atoms with Gasteiger partial charge < -0.3 is 10.6 Å². The third kappa shape index (κ3) is 4.08. The number of halogens is 3. The van der Waals surface area contributed by atoms with Crippen molar-refractivity contribution in [1.82, 2.24) is 10.6 Å². The number of alkyl halides is 2. The minimum atomic E-state index is -2.49. The number of carbonyl (C=O) groups is 1. The molecule has 1 aliphatic rings. The Morgan fingerprint density at radius 3 is 2.89 bits per heavy atom. The van der Waals surface area contributed by atoms with Crippen LogP contribution in [-0.2, 0) is 0 Å². The highest BCUT2D eigenvalue weighted by Crippen LogP contribution is 2.31. The molecule has 0 unspecified atom stereocenters. The molecule has 0 aliphatic carbocycles. The van der Waals surface area contributed by atoms with E-state index in [4.69, 9.17) is 0 Å². The number of rotatable bonds is 5. The number of nitrogens with one attached hydrogen (secondary N) is 2. The number of hydrogen-bond acceptors (Lipinski definition) is 4. The fourth-order valence-corrected chi connectivity index (χ4v) is 3.08. The Kier molecular flexibility index (Phi) is 6.34. The number of thioether (sulfide) groups is 1. The highest BCUT2D eigenvalue weighted by molar-refractivity contribution is 7.99. The van der Waals surface area contributed by atoms with Crippen LogP contribution in [0.5, 0.6) is 0 Å². The van der Waals surface area contributed by atoms with Crippen LogP contribution in [0.25, 0.3) is 0 Å². The summed E-state index contributed by atoms with van der Waals surface area (Å²) < 4.78 is 24.5. The van der Waals surface area contributed by atoms with Crippen molar-refractivity contribution in [3.8, 4) is 0 Å². The van der Waals surface area contributed by atoms with E-state index in [2.05, 4.69) is 10.6 Å². The molecule has 1 aliphatic heterocycles. The predicted octanol–water partition coefficient (Wildman–Crippen LogP) is 2.43. The van der Waals surface area contributed by atoms with Crippen LogP contribution in [0, 0.1) is 5.92 Å². The van der Waals surface area contributed by atoms with E-state index in [1.54, 1.807) is 11.4 Å². The molecule has 1 fully saturated rings. The van der Waals surface area contributed by atoms with Crippen LogP contribution in [0.3, 0.4) is 0 Å². The Labute approximate surface area is 118 Å². The van der Waals surface area contributed by atoms with Gasteiger partial charge in [-0.15, -0.1) is 23.7 Å². The first kappa shape index (κ1) is 15.7. The summed E-state index contributed by atoms with van der Waals surface area (Å²) in [5.41, 5.74) is 0. The summed E-state index contributed by atoms with van der Waals surface area (Å²) in [6, 6.07) is 1.56. The largest absolute Gasteiger partial charge is 0.351 e. The van der Waals surface area contributed by atoms with Gasteiger partial charge in [-0.05, 0) is 11.4 Å². The fraction of sp³-hybridized carbons (Fsp3) is 0.500. The molecule has 1 saturated heterocycles. The first-order chi connectivity index (χ1) is 8.16. The van der Waals surface area contributed by atoms with E-state index in [1.807, 2.05) is 0 Å². The molecule has 0 atom stereocenters. The lowest BCUT2D eigenvalue weighted by Gasteiger charge is -2.27. The molecule has 0 aromatic carbocycles. The molecule has 1 aromatic heterocycles. The first-order valence-corrected chi connectivity index (χ1v) is 6.94. The predicted molar refractivity (Wildman–Crippen MR) is 72.1 cm³/mol. The summed E-state index contributed by atoms with van der Waals surface area (Å²) in [5, 5.41) is 7.54. The average Bonchev–Trinajstić information content (AvgIpc) is 2.62. The number of amides is 1. The van der Waals surface area contributed by atoms with Crippen LogP contribution < -0.4 is 10.6 Å². The Hall–Kier alpha value is -0.370. The van der Waals surface area contributed by atoms with Crippen LogP contribution in [0.1, 0.15) is 9.67 Å². The Morgan fingerprint density at radius 2 is 2.33 bits per heavy atom. The van der Waals surface area contributed by atoms with E-state index in [0.717, 1.165) is 13.1 Å². The molecule has 2 heterocycles. The molecule has 2 rings (SSSR count). The molecule has 0 radical (unpaired) electrons. The summed E-state index contributed by atoms with van der Waals surface area (Å²) in [5.74, 6) is -2.29. The normalized spacial score (nSPS) is 15.1. The van der Waals surface area contributed by atoms with Crippen molar-refractivity contribution in [1.29, 1.82) is 0 Å². The SMILES string of the molecule is Cl.O=C(NCC1CNC1)c1sccc1SC(F)F. The van der Waals surface area contributed by atoms with Crippen LogP contribution in [0.2, 0.25) is 0 Å². The van der Waals surface area contributed by atoms with Crippen molar-refractivity contribution in [3.05, 3.63) is 16.3 Å². The van der Waals surface area contributed by atoms with Crippen molar-refractivity contribution < 1.29 is 13.6 Å². The zero-order chi connectivity index (χ0) is 12.3. The maximum atomic E-state index is 12.2. The molecular weight excluding hydrogens is 302 g/mol. The van der Waals surface area contributed by atoms with E-state index in [9.17, 15) is 13.6 Å². The molecule has 8 heteroatoms. The lowest BCUT2D eigenvalue weighted by molar-refractivity contribution is 0.0943. The van der Waals surface area contributed by atoms with Gasteiger partial charge in [0.25, 0.3) is 11.7 Å². The van der Waals surface area contributed by atoms with Crippen LogP contribution in [0.4, 0.5) is 8.78 Å². The van der Waals surface area contributed by atoms with E-state index in [0.29, 0.717) is 34.0 Å². The third-order valence-corrected chi connectivity index (χ3v) is 4.28. The van der Waals surface area contributed by atoms with Crippen molar-refractivity contribution in [3.63, 3.8) is 0 Å². The maximum absolute atomic E-state index is 12.2. The molecule has 18 heavy (non-hydrogen) atoms. The van der Waals surface area contributed by atoms with Gasteiger partial charge in [0.2, 0.25) is 0 Å². The van der Waals surface area contributed by atoms with E-state index in [1.165, 1.54) is 11.3 Å². The van der Waals surface area contributed by atoms with Gasteiger partial charge in [0.15, 0.2) is 0 Å². The van der Waals surface area contributed by atoms with Gasteiger partial charge in [-0.25, -0.2) is 0 Å². The zero-order valence-corrected chi connectivity index (χ0v) is 11.8. The van der Waals surface area contributed by atoms with Gasteiger partial charge in [0, 0.05) is 30.4 Å². The number of thiophene rings is 1. The lowest BCUT2D eigenvalue weighted by atomic mass is 10.0. The molecule has 3 nitrogen and oxygen atoms in total. The van der Waals surface area contributed by atoms with E-state index in [-0.39, 0.29) is 18.3 Å². The monoisotopic (exact) mass is 314 g/mol. The molecule has 2 N–H and O–H groups in total. The Bertz CT molecular complexity index is 399. The molecule has 1 amide bonds. The van der Waals surface area contributed by atoms with Crippen LogP contribution in [0.15, 0.2) is 16.3 Å². The standard InChI is InChI=1S/C10H12F2N2OS2.ClH/c11-10(12)17-7-1-2-16-8(7)9(15)14-5-6-3-13-4-6;/h1-2,6,10,13H,3-5H2,(H,14,15);1H. The summed E-state index contributed by atoms with van der Waals surface area (Å²) >= 11 is 1.61. The smallest absolute Gasteiger partial charge is 0.288 e. The second-order valence-electron chi connectivity index (χ2n) is 3.73. The van der Waals surface area contributed by atoms with Gasteiger partial charge in [-0.3, -0.25) is 4.79 Å². The second-order valence-corrected chi connectivity index (χ2v) is 5.67. The van der Waals surface area contributed by atoms with Crippen LogP contribution in [-0.4, -0.2) is 31.3 Å². The van der Waals surface area contributed by atoms with Crippen molar-refractivity contribution in [2.75, 3.05) is 19.6 Å². The minimum absolute atomic E-state index is 0. The van der Waals surface area contributed by atoms with E-state index < -0.39 is 5.76 Å². The first-order valence-electron chi connectivity index (χ1n) is 5.18. The summed E-state index contributed by atoms with van der Waals surface area (Å²) in [7, 11) is 0. The van der Waals surface area contributed by atoms with Gasteiger partial charge in [0.1, 0.15) is 4.88 Å². The molecule has 1 aromatic rings. The highest BCUT2D eigenvalue weighted by Gasteiger charge is 2.20. The topological polar surface area (TPSA) is 41.1 Å². The van der Waals surface area contributed by atoms with Gasteiger partial charge in [0.05, 0.1) is 0 Å². The Balaban J connectivity index is 0.00000162. The summed E-state index contributed by atoms with van der Waals surface area (Å²) in [6.07, 6.45) is 0. The van der Waals surface area contributed by atoms with Crippen molar-refractivity contribution in [2.24, 2.45) is 5.92 Å². The van der Waals surface area contributed by atoms with E-state index >= 15 is 0 Å². The molecule has 0 spiro atoms. The van der Waals surface area contributed by atoms with Crippen molar-refractivity contribution >= 4 is 41.4 Å². The minimum Gasteiger partial charge on any atom is -0.351 e. The van der Waals surface area contributed by atoms with Crippen LogP contribution >= 0.6 is 35.5 Å². The average molecular weight is 315 g/mol. The van der Waals surface area contributed by atoms with Gasteiger partial charge in [-0.2, -0.15) is 8.78 Å². The lowest BCUT2D eigenvalue weighted by Crippen LogP contribution is -2.48. The molecular formula is C10H13ClF2N2OS2. The summed E-state index contributed by atoms with van der Waals surface area (Å²) in [6.45, 7) is 2.41. The number of hydrogen-bond donors (Lipinski definition) is 2. The zero-order valence-electron chi connectivity index (χ0n) is 9.32. The van der Waals surface area contributed by atoms with Crippen molar-refractivity contribution in [2.45, 2.75) is 10.7 Å². The third-order valence-electron chi connectivity index (χ3n) is 2.47. The van der Waals surface area contributed by atoms with Gasteiger partial charge >= 0.3 is 0 Å². The second kappa shape index (κ2) is 7.28. The Morgan fingerprint density at radius 1 is 1.61 bits per heavy atom. The molecule has 0 saturated carbocycles. The highest BCUT2D eigenvalue weighted by atomic mass is 35.5. The van der Waals surface area contributed by atoms with Gasteiger partial charge in [-0.1, -0.05) is 11.8 Å². The fourth-order valence-electron chi connectivity index (χ4n) is 1.46.